The first kappa shape index (κ1) is 24.4. The molecule has 3 rings (SSSR count). The van der Waals surface area contributed by atoms with Gasteiger partial charge in [0.05, 0.1) is 23.7 Å². The Kier molecular flexibility index (Phi) is 9.87. The Morgan fingerprint density at radius 2 is 1.90 bits per heavy atom. The van der Waals surface area contributed by atoms with Crippen molar-refractivity contribution in [3.8, 4) is 0 Å². The van der Waals surface area contributed by atoms with Crippen LogP contribution in [0.15, 0.2) is 53.5 Å². The van der Waals surface area contributed by atoms with Gasteiger partial charge in [-0.05, 0) is 50.1 Å². The van der Waals surface area contributed by atoms with Gasteiger partial charge in [0.15, 0.2) is 5.96 Å². The minimum absolute atomic E-state index is 0. The Hall–Kier alpha value is -1.84. The fraction of sp³-hybridized carbons (Fsp3) is 0.364. The summed E-state index contributed by atoms with van der Waals surface area (Å²) in [5.74, 6) is 1.73. The average Bonchev–Trinajstić information content (AvgIpc) is 3.04. The molecule has 0 amide bonds. The average molecular weight is 542 g/mol. The summed E-state index contributed by atoms with van der Waals surface area (Å²) in [7, 11) is 0. The number of aliphatic hydroxyl groups excluding tert-OH is 1. The van der Waals surface area contributed by atoms with Crippen molar-refractivity contribution in [2.24, 2.45) is 4.99 Å². The Morgan fingerprint density at radius 1 is 1.17 bits per heavy atom. The van der Waals surface area contributed by atoms with Gasteiger partial charge in [-0.2, -0.15) is 0 Å². The maximum absolute atomic E-state index is 10.3. The van der Waals surface area contributed by atoms with Crippen LogP contribution in [0.1, 0.15) is 30.8 Å². The molecule has 0 saturated heterocycles. The zero-order valence-corrected chi connectivity index (χ0v) is 20.4. The summed E-state index contributed by atoms with van der Waals surface area (Å²) in [5.41, 5.74) is 3.00. The number of imidazole rings is 1. The van der Waals surface area contributed by atoms with E-state index in [2.05, 4.69) is 31.2 Å². The molecule has 0 aliphatic rings. The van der Waals surface area contributed by atoms with Crippen molar-refractivity contribution in [2.45, 2.75) is 32.9 Å². The van der Waals surface area contributed by atoms with Crippen molar-refractivity contribution in [1.82, 2.24) is 20.2 Å². The van der Waals surface area contributed by atoms with Gasteiger partial charge in [-0.3, -0.25) is 4.99 Å². The molecular formula is C22H29ClIN5O. The summed E-state index contributed by atoms with van der Waals surface area (Å²) in [4.78, 5) is 9.12. The lowest BCUT2D eigenvalue weighted by Gasteiger charge is -2.14. The van der Waals surface area contributed by atoms with E-state index in [1.54, 1.807) is 12.1 Å². The topological polar surface area (TPSA) is 74.5 Å². The van der Waals surface area contributed by atoms with E-state index in [9.17, 15) is 5.11 Å². The van der Waals surface area contributed by atoms with Crippen LogP contribution in [0.2, 0.25) is 5.02 Å². The molecule has 162 valence electrons. The van der Waals surface area contributed by atoms with E-state index in [-0.39, 0.29) is 30.5 Å². The number of guanidine groups is 1. The number of benzene rings is 2. The largest absolute Gasteiger partial charge is 0.386 e. The number of aryl methyl sites for hydroxylation is 2. The van der Waals surface area contributed by atoms with E-state index in [1.165, 1.54) is 0 Å². The summed E-state index contributed by atoms with van der Waals surface area (Å²) in [6, 6.07) is 15.4. The quantitative estimate of drug-likeness (QED) is 0.172. The lowest BCUT2D eigenvalue weighted by molar-refractivity contribution is 0.187. The van der Waals surface area contributed by atoms with E-state index in [0.717, 1.165) is 48.5 Å². The minimum Gasteiger partial charge on any atom is -0.386 e. The molecule has 1 heterocycles. The van der Waals surface area contributed by atoms with Gasteiger partial charge in [0.1, 0.15) is 5.82 Å². The van der Waals surface area contributed by atoms with Gasteiger partial charge in [0.25, 0.3) is 0 Å². The van der Waals surface area contributed by atoms with Crippen LogP contribution in [-0.4, -0.2) is 40.3 Å². The summed E-state index contributed by atoms with van der Waals surface area (Å²) in [6.45, 7) is 6.75. The summed E-state index contributed by atoms with van der Waals surface area (Å²) in [5, 5.41) is 17.6. The summed E-state index contributed by atoms with van der Waals surface area (Å²) >= 11 is 5.90. The molecule has 0 spiro atoms. The molecule has 30 heavy (non-hydrogen) atoms. The number of aromatic nitrogens is 2. The molecule has 2 aromatic carbocycles. The molecule has 6 nitrogen and oxygen atoms in total. The molecule has 0 saturated carbocycles. The number of hydrogen-bond donors (Lipinski definition) is 3. The number of fused-ring (bicyclic) bond motifs is 1. The Labute approximate surface area is 199 Å². The second kappa shape index (κ2) is 12.1. The number of para-hydroxylation sites is 2. The van der Waals surface area contributed by atoms with Crippen LogP contribution in [0, 0.1) is 6.92 Å². The number of rotatable bonds is 8. The predicted octanol–water partition coefficient (Wildman–Crippen LogP) is 4.29. The third-order valence-corrected chi connectivity index (χ3v) is 4.97. The Bertz CT molecular complexity index is 958. The van der Waals surface area contributed by atoms with Crippen LogP contribution in [0.25, 0.3) is 11.0 Å². The molecule has 0 fully saturated rings. The smallest absolute Gasteiger partial charge is 0.191 e. The normalized spacial score (nSPS) is 12.5. The van der Waals surface area contributed by atoms with Gasteiger partial charge in [-0.15, -0.1) is 24.0 Å². The van der Waals surface area contributed by atoms with Gasteiger partial charge in [0, 0.05) is 24.7 Å². The van der Waals surface area contributed by atoms with Gasteiger partial charge in [-0.25, -0.2) is 4.98 Å². The molecule has 0 bridgehead atoms. The number of hydrogen-bond acceptors (Lipinski definition) is 3. The van der Waals surface area contributed by atoms with Crippen LogP contribution in [-0.2, 0) is 6.54 Å². The highest BCUT2D eigenvalue weighted by Gasteiger charge is 2.08. The molecule has 3 N–H and O–H groups in total. The molecule has 8 heteroatoms. The molecule has 1 aromatic heterocycles. The molecular weight excluding hydrogens is 513 g/mol. The predicted molar refractivity (Wildman–Crippen MR) is 135 cm³/mol. The van der Waals surface area contributed by atoms with Crippen LogP contribution in [0.5, 0.6) is 0 Å². The lowest BCUT2D eigenvalue weighted by Crippen LogP contribution is -2.38. The van der Waals surface area contributed by atoms with Crippen molar-refractivity contribution < 1.29 is 5.11 Å². The van der Waals surface area contributed by atoms with Crippen molar-refractivity contribution >= 4 is 52.6 Å². The van der Waals surface area contributed by atoms with E-state index in [1.807, 2.05) is 44.2 Å². The third kappa shape index (κ3) is 6.58. The zero-order chi connectivity index (χ0) is 20.6. The third-order valence-electron chi connectivity index (χ3n) is 4.72. The highest BCUT2D eigenvalue weighted by molar-refractivity contribution is 14.0. The Morgan fingerprint density at radius 3 is 2.63 bits per heavy atom. The first-order valence-corrected chi connectivity index (χ1v) is 10.3. The summed E-state index contributed by atoms with van der Waals surface area (Å²) < 4.78 is 2.24. The highest BCUT2D eigenvalue weighted by atomic mass is 127. The molecule has 0 radical (unpaired) electrons. The first-order valence-electron chi connectivity index (χ1n) is 9.96. The van der Waals surface area contributed by atoms with E-state index < -0.39 is 6.10 Å². The van der Waals surface area contributed by atoms with Gasteiger partial charge in [0.2, 0.25) is 0 Å². The number of halogens is 2. The van der Waals surface area contributed by atoms with Gasteiger partial charge in [-0.1, -0.05) is 35.9 Å². The highest BCUT2D eigenvalue weighted by Crippen LogP contribution is 2.17. The second-order valence-electron chi connectivity index (χ2n) is 6.87. The SMILES string of the molecule is CCNC(=NCC(O)c1ccc(Cl)cc1)NCCCn1c(C)nc2ccccc21.I. The van der Waals surface area contributed by atoms with Crippen molar-refractivity contribution in [2.75, 3.05) is 19.6 Å². The molecule has 0 aliphatic heterocycles. The number of nitrogens with zero attached hydrogens (tertiary/aromatic N) is 3. The number of nitrogens with one attached hydrogen (secondary N) is 2. The monoisotopic (exact) mass is 541 g/mol. The van der Waals surface area contributed by atoms with Crippen molar-refractivity contribution in [3.63, 3.8) is 0 Å². The van der Waals surface area contributed by atoms with Crippen LogP contribution >= 0.6 is 35.6 Å². The maximum atomic E-state index is 10.3. The molecule has 1 unspecified atom stereocenters. The van der Waals surface area contributed by atoms with E-state index >= 15 is 0 Å². The van der Waals surface area contributed by atoms with Gasteiger partial charge >= 0.3 is 0 Å². The second-order valence-corrected chi connectivity index (χ2v) is 7.30. The van der Waals surface area contributed by atoms with Crippen LogP contribution in [0.4, 0.5) is 0 Å². The molecule has 1 atom stereocenters. The first-order chi connectivity index (χ1) is 14.1. The standard InChI is InChI=1S/C22H28ClN5O.HI/c1-3-24-22(26-15-21(29)17-9-11-18(23)12-10-17)25-13-6-14-28-16(2)27-19-7-4-5-8-20(19)28;/h4-5,7-12,21,29H,3,6,13-15H2,1-2H3,(H2,24,25,26);1H. The van der Waals surface area contributed by atoms with Gasteiger partial charge < -0.3 is 20.3 Å². The maximum Gasteiger partial charge on any atom is 0.191 e. The van der Waals surface area contributed by atoms with E-state index in [0.29, 0.717) is 11.0 Å². The minimum atomic E-state index is -0.664. The molecule has 0 aliphatic carbocycles. The van der Waals surface area contributed by atoms with E-state index in [4.69, 9.17) is 11.6 Å². The molecule has 3 aromatic rings. The van der Waals surface area contributed by atoms with Crippen LogP contribution in [0.3, 0.4) is 0 Å². The van der Waals surface area contributed by atoms with Crippen molar-refractivity contribution in [1.29, 1.82) is 0 Å². The summed E-state index contributed by atoms with van der Waals surface area (Å²) in [6.07, 6.45) is 0.272. The Balaban J connectivity index is 0.00000320. The lowest BCUT2D eigenvalue weighted by atomic mass is 10.1. The number of aliphatic imine (C=N–C) groups is 1. The number of aliphatic hydroxyl groups is 1. The van der Waals surface area contributed by atoms with Crippen molar-refractivity contribution in [3.05, 3.63) is 64.9 Å². The fourth-order valence-electron chi connectivity index (χ4n) is 3.23. The zero-order valence-electron chi connectivity index (χ0n) is 17.3. The fourth-order valence-corrected chi connectivity index (χ4v) is 3.36. The van der Waals surface area contributed by atoms with Crippen LogP contribution < -0.4 is 10.6 Å².